The lowest BCUT2D eigenvalue weighted by atomic mass is 9.44. The number of esters is 1. The Bertz CT molecular complexity index is 618. The molecule has 0 aromatic rings. The number of rotatable bonds is 1. The van der Waals surface area contributed by atoms with E-state index in [0.29, 0.717) is 18.4 Å². The highest BCUT2D eigenvalue weighted by Crippen LogP contribution is 2.68. The van der Waals surface area contributed by atoms with Crippen molar-refractivity contribution in [1.82, 2.24) is 0 Å². The fraction of sp³-hybridized carbons (Fsp3) is 0.955. The molecule has 2 saturated heterocycles. The van der Waals surface area contributed by atoms with Gasteiger partial charge in [-0.15, -0.1) is 0 Å². The molecular weight excluding hydrogens is 344 g/mol. The van der Waals surface area contributed by atoms with Gasteiger partial charge >= 0.3 is 5.97 Å². The zero-order chi connectivity index (χ0) is 19.7. The largest absolute Gasteiger partial charge is 0.462 e. The van der Waals surface area contributed by atoms with Crippen molar-refractivity contribution in [2.24, 2.45) is 22.7 Å². The van der Waals surface area contributed by atoms with E-state index in [-0.39, 0.29) is 28.5 Å². The van der Waals surface area contributed by atoms with Gasteiger partial charge in [-0.25, -0.2) is 0 Å². The quantitative estimate of drug-likeness (QED) is 0.701. The second kappa shape index (κ2) is 6.17. The molecule has 2 spiro atoms. The Morgan fingerprint density at radius 1 is 1.07 bits per heavy atom. The van der Waals surface area contributed by atoms with Crippen molar-refractivity contribution < 1.29 is 24.1 Å². The lowest BCUT2D eigenvalue weighted by molar-refractivity contribution is -0.282. The topological polar surface area (TPSA) is 65.0 Å². The predicted molar refractivity (Wildman–Crippen MR) is 101 cm³/mol. The molecule has 2 saturated carbocycles. The van der Waals surface area contributed by atoms with E-state index in [9.17, 15) is 9.90 Å². The summed E-state index contributed by atoms with van der Waals surface area (Å²) in [5.74, 6) is 0.693. The molecule has 154 valence electrons. The summed E-state index contributed by atoms with van der Waals surface area (Å²) >= 11 is 0. The Morgan fingerprint density at radius 2 is 1.81 bits per heavy atom. The third-order valence-electron chi connectivity index (χ3n) is 8.94. The van der Waals surface area contributed by atoms with Gasteiger partial charge in [-0.1, -0.05) is 27.7 Å². The third kappa shape index (κ3) is 2.57. The molecule has 0 amide bonds. The van der Waals surface area contributed by atoms with Crippen LogP contribution in [0.5, 0.6) is 0 Å². The van der Waals surface area contributed by atoms with E-state index < -0.39 is 11.9 Å². The van der Waals surface area contributed by atoms with Crippen molar-refractivity contribution in [2.75, 3.05) is 6.61 Å². The summed E-state index contributed by atoms with van der Waals surface area (Å²) in [5.41, 5.74) is -0.842. The minimum absolute atomic E-state index is 0.0105. The number of fused-ring (bicyclic) bond motifs is 2. The second-order valence-electron chi connectivity index (χ2n) is 10.4. The predicted octanol–water partition coefficient (Wildman–Crippen LogP) is 3.82. The highest BCUT2D eigenvalue weighted by atomic mass is 16.7. The van der Waals surface area contributed by atoms with Crippen LogP contribution in [0.3, 0.4) is 0 Å². The lowest BCUT2D eigenvalue weighted by Crippen LogP contribution is -2.65. The average Bonchev–Trinajstić information content (AvgIpc) is 3.14. The molecule has 1 N–H and O–H groups in total. The standard InChI is InChI=1S/C22H36O5/c1-14-6-7-16-19(3,4)17(26-15(2)23)8-9-20(16,5)22(14)11-10-21(27-22)12-13-25-18(21)24/h14,16-18,24H,6-13H2,1-5H3. The van der Waals surface area contributed by atoms with Crippen LogP contribution in [0.4, 0.5) is 0 Å². The fourth-order valence-corrected chi connectivity index (χ4v) is 7.42. The number of hydrogen-bond acceptors (Lipinski definition) is 5. The van der Waals surface area contributed by atoms with Gasteiger partial charge in [0.05, 0.1) is 12.2 Å². The minimum atomic E-state index is -0.807. The smallest absolute Gasteiger partial charge is 0.302 e. The van der Waals surface area contributed by atoms with Gasteiger partial charge in [-0.3, -0.25) is 4.79 Å². The number of carbonyl (C=O) groups excluding carboxylic acids is 1. The van der Waals surface area contributed by atoms with Crippen LogP contribution in [0.25, 0.3) is 0 Å². The molecule has 4 aliphatic rings. The maximum Gasteiger partial charge on any atom is 0.302 e. The van der Waals surface area contributed by atoms with Gasteiger partial charge in [0, 0.05) is 24.2 Å². The van der Waals surface area contributed by atoms with Crippen LogP contribution in [-0.2, 0) is 19.0 Å². The molecule has 2 aliphatic carbocycles. The Kier molecular flexibility index (Phi) is 4.49. The molecule has 0 radical (unpaired) electrons. The van der Waals surface area contributed by atoms with Crippen LogP contribution < -0.4 is 0 Å². The van der Waals surface area contributed by atoms with E-state index in [0.717, 1.165) is 44.9 Å². The van der Waals surface area contributed by atoms with Crippen molar-refractivity contribution in [3.05, 3.63) is 0 Å². The maximum absolute atomic E-state index is 11.7. The van der Waals surface area contributed by atoms with Gasteiger partial charge in [0.25, 0.3) is 0 Å². The summed E-state index contributed by atoms with van der Waals surface area (Å²) in [7, 11) is 0. The van der Waals surface area contributed by atoms with Crippen LogP contribution in [-0.4, -0.2) is 41.3 Å². The second-order valence-corrected chi connectivity index (χ2v) is 10.4. The molecule has 4 rings (SSSR count). The number of ether oxygens (including phenoxy) is 3. The Morgan fingerprint density at radius 3 is 2.44 bits per heavy atom. The molecule has 2 heterocycles. The fourth-order valence-electron chi connectivity index (χ4n) is 7.42. The molecule has 7 atom stereocenters. The molecule has 5 nitrogen and oxygen atoms in total. The van der Waals surface area contributed by atoms with Gasteiger partial charge in [0.2, 0.25) is 0 Å². The minimum Gasteiger partial charge on any atom is -0.462 e. The van der Waals surface area contributed by atoms with Gasteiger partial charge in [-0.05, 0) is 50.4 Å². The van der Waals surface area contributed by atoms with E-state index in [1.165, 1.54) is 6.92 Å². The molecule has 0 aromatic carbocycles. The summed E-state index contributed by atoms with van der Waals surface area (Å²) in [5, 5.41) is 10.5. The van der Waals surface area contributed by atoms with E-state index >= 15 is 0 Å². The van der Waals surface area contributed by atoms with Gasteiger partial charge in [0.1, 0.15) is 11.7 Å². The molecule has 4 fully saturated rings. The Hall–Kier alpha value is -0.650. The number of aliphatic hydroxyl groups excluding tert-OH is 1. The van der Waals surface area contributed by atoms with Crippen molar-refractivity contribution in [1.29, 1.82) is 0 Å². The summed E-state index contributed by atoms with van der Waals surface area (Å²) < 4.78 is 18.2. The summed E-state index contributed by atoms with van der Waals surface area (Å²) in [6.45, 7) is 11.4. The first-order valence-electron chi connectivity index (χ1n) is 10.7. The monoisotopic (exact) mass is 380 g/mol. The highest BCUT2D eigenvalue weighted by Gasteiger charge is 2.70. The first-order chi connectivity index (χ1) is 12.6. The van der Waals surface area contributed by atoms with E-state index in [1.807, 2.05) is 0 Å². The van der Waals surface area contributed by atoms with Crippen LogP contribution >= 0.6 is 0 Å². The maximum atomic E-state index is 11.7. The van der Waals surface area contributed by atoms with Crippen molar-refractivity contribution >= 4 is 5.97 Å². The molecule has 0 bridgehead atoms. The molecule has 7 unspecified atom stereocenters. The summed E-state index contributed by atoms with van der Waals surface area (Å²) in [4.78, 5) is 11.7. The first kappa shape index (κ1) is 19.7. The van der Waals surface area contributed by atoms with Crippen molar-refractivity contribution in [3.63, 3.8) is 0 Å². The highest BCUT2D eigenvalue weighted by molar-refractivity contribution is 5.66. The molecular formula is C22H36O5. The van der Waals surface area contributed by atoms with E-state index in [1.54, 1.807) is 0 Å². The van der Waals surface area contributed by atoms with Crippen LogP contribution in [0, 0.1) is 22.7 Å². The first-order valence-corrected chi connectivity index (χ1v) is 10.7. The van der Waals surface area contributed by atoms with Crippen LogP contribution in [0.1, 0.15) is 79.6 Å². The number of hydrogen-bond donors (Lipinski definition) is 1. The van der Waals surface area contributed by atoms with Gasteiger partial charge < -0.3 is 19.3 Å². The zero-order valence-corrected chi connectivity index (χ0v) is 17.5. The number of carbonyl (C=O) groups is 1. The van der Waals surface area contributed by atoms with Gasteiger partial charge in [0.15, 0.2) is 6.29 Å². The molecule has 5 heteroatoms. The van der Waals surface area contributed by atoms with E-state index in [4.69, 9.17) is 14.2 Å². The Labute approximate surface area is 163 Å². The zero-order valence-electron chi connectivity index (χ0n) is 17.5. The van der Waals surface area contributed by atoms with Gasteiger partial charge in [-0.2, -0.15) is 0 Å². The summed E-state index contributed by atoms with van der Waals surface area (Å²) in [6.07, 6.45) is 5.92. The van der Waals surface area contributed by atoms with Crippen LogP contribution in [0.15, 0.2) is 0 Å². The van der Waals surface area contributed by atoms with E-state index in [2.05, 4.69) is 27.7 Å². The van der Waals surface area contributed by atoms with Crippen molar-refractivity contribution in [2.45, 2.75) is 103 Å². The summed E-state index contributed by atoms with van der Waals surface area (Å²) in [6, 6.07) is 0. The molecule has 27 heavy (non-hydrogen) atoms. The molecule has 0 aromatic heterocycles. The molecule has 2 aliphatic heterocycles. The van der Waals surface area contributed by atoms with Crippen LogP contribution in [0.2, 0.25) is 0 Å². The SMILES string of the molecule is CC(=O)OC1CCC2(C)C(CCC(C)C23CCC2(CCOC2O)O3)C1(C)C. The Balaban J connectivity index is 1.69. The lowest BCUT2D eigenvalue weighted by Gasteiger charge is -2.65. The van der Waals surface area contributed by atoms with Crippen molar-refractivity contribution in [3.8, 4) is 0 Å². The normalized spacial score (nSPS) is 51.5. The third-order valence-corrected chi connectivity index (χ3v) is 8.94. The number of aliphatic hydroxyl groups is 1. The average molecular weight is 381 g/mol.